The first-order chi connectivity index (χ1) is 11.6. The zero-order chi connectivity index (χ0) is 18.2. The van der Waals surface area contributed by atoms with Gasteiger partial charge in [-0.3, -0.25) is 9.59 Å². The molecule has 138 valence electrons. The third kappa shape index (κ3) is 11.8. The van der Waals surface area contributed by atoms with Crippen molar-refractivity contribution < 1.29 is 19.1 Å². The molecule has 0 aromatic carbocycles. The van der Waals surface area contributed by atoms with Gasteiger partial charge in [-0.05, 0) is 37.8 Å². The molecule has 0 fully saturated rings. The zero-order valence-electron chi connectivity index (χ0n) is 14.2. The topological polar surface area (TPSA) is 52.6 Å². The third-order valence-corrected chi connectivity index (χ3v) is 4.47. The fourth-order valence-electron chi connectivity index (χ4n) is 2.00. The lowest BCUT2D eigenvalue weighted by Crippen LogP contribution is -2.32. The van der Waals surface area contributed by atoms with Crippen molar-refractivity contribution in [2.45, 2.75) is 63.6 Å². The van der Waals surface area contributed by atoms with Gasteiger partial charge in [0.05, 0.1) is 0 Å². The average Bonchev–Trinajstić information content (AvgIpc) is 2.58. The van der Waals surface area contributed by atoms with E-state index in [-0.39, 0.29) is 11.9 Å². The summed E-state index contributed by atoms with van der Waals surface area (Å²) in [7, 11) is 0. The predicted octanol–water partition coefficient (Wildman–Crippen LogP) is 5.09. The van der Waals surface area contributed by atoms with Gasteiger partial charge in [-0.2, -0.15) is 0 Å². The number of halogens is 2. The monoisotopic (exact) mass is 466 g/mol. The highest BCUT2D eigenvalue weighted by Gasteiger charge is 2.23. The lowest BCUT2D eigenvalue weighted by atomic mass is 10.1. The number of alkyl halides is 2. The van der Waals surface area contributed by atoms with Crippen LogP contribution in [0.25, 0.3) is 0 Å². The van der Waals surface area contributed by atoms with Crippen LogP contribution in [-0.2, 0) is 19.1 Å². The van der Waals surface area contributed by atoms with Crippen molar-refractivity contribution in [3.8, 4) is 0 Å². The van der Waals surface area contributed by atoms with E-state index in [1.807, 2.05) is 0 Å². The summed E-state index contributed by atoms with van der Waals surface area (Å²) in [5.41, 5.74) is 0. The van der Waals surface area contributed by atoms with Gasteiger partial charge in [0, 0.05) is 23.5 Å². The molecule has 0 aliphatic rings. The van der Waals surface area contributed by atoms with Crippen LogP contribution in [0.1, 0.15) is 51.4 Å². The van der Waals surface area contributed by atoms with E-state index < -0.39 is 12.2 Å². The molecule has 0 saturated carbocycles. The van der Waals surface area contributed by atoms with Crippen molar-refractivity contribution in [1.29, 1.82) is 0 Å². The Labute approximate surface area is 162 Å². The highest BCUT2D eigenvalue weighted by molar-refractivity contribution is 9.09. The van der Waals surface area contributed by atoms with Crippen molar-refractivity contribution >= 4 is 43.8 Å². The minimum absolute atomic E-state index is 0.310. The van der Waals surface area contributed by atoms with Gasteiger partial charge in [-0.25, -0.2) is 0 Å². The van der Waals surface area contributed by atoms with Crippen LogP contribution in [0.4, 0.5) is 0 Å². The number of ether oxygens (including phenoxy) is 2. The minimum Gasteiger partial charge on any atom is -0.454 e. The molecule has 24 heavy (non-hydrogen) atoms. The van der Waals surface area contributed by atoms with Crippen molar-refractivity contribution in [2.24, 2.45) is 0 Å². The molecular weight excluding hydrogens is 440 g/mol. The highest BCUT2D eigenvalue weighted by atomic mass is 79.9. The Kier molecular flexibility index (Phi) is 15.5. The first kappa shape index (κ1) is 23.4. The molecule has 0 aromatic heterocycles. The quantitative estimate of drug-likeness (QED) is 0.145. The molecule has 0 saturated heterocycles. The molecule has 0 heterocycles. The summed E-state index contributed by atoms with van der Waals surface area (Å²) in [6.07, 6.45) is 7.79. The average molecular weight is 468 g/mol. The molecule has 0 aromatic rings. The zero-order valence-corrected chi connectivity index (χ0v) is 17.4. The molecule has 2 atom stereocenters. The summed E-state index contributed by atoms with van der Waals surface area (Å²) in [6.45, 7) is 7.32. The fraction of sp³-hybridized carbons (Fsp3) is 0.667. The van der Waals surface area contributed by atoms with E-state index in [0.29, 0.717) is 12.8 Å². The SMILES string of the molecule is C=CC(OC(=O)CCCCCBr)C(C=C)OC(=O)CCCCCBr. The Morgan fingerprint density at radius 3 is 1.42 bits per heavy atom. The third-order valence-electron chi connectivity index (χ3n) is 3.35. The van der Waals surface area contributed by atoms with Crippen LogP contribution in [0, 0.1) is 0 Å². The molecular formula is C18H28Br2O4. The van der Waals surface area contributed by atoms with Crippen LogP contribution in [-0.4, -0.2) is 34.8 Å². The van der Waals surface area contributed by atoms with E-state index in [4.69, 9.17) is 9.47 Å². The minimum atomic E-state index is -0.697. The van der Waals surface area contributed by atoms with Gasteiger partial charge < -0.3 is 9.47 Å². The van der Waals surface area contributed by atoms with Crippen LogP contribution in [0.2, 0.25) is 0 Å². The summed E-state index contributed by atoms with van der Waals surface area (Å²) in [6, 6.07) is 0. The summed E-state index contributed by atoms with van der Waals surface area (Å²) >= 11 is 6.71. The number of rotatable bonds is 15. The fourth-order valence-corrected chi connectivity index (χ4v) is 2.79. The largest absolute Gasteiger partial charge is 0.454 e. The van der Waals surface area contributed by atoms with E-state index in [1.54, 1.807) is 0 Å². The van der Waals surface area contributed by atoms with Gasteiger partial charge in [0.25, 0.3) is 0 Å². The predicted molar refractivity (Wildman–Crippen MR) is 105 cm³/mol. The lowest BCUT2D eigenvalue weighted by Gasteiger charge is -2.22. The second kappa shape index (κ2) is 15.9. The summed E-state index contributed by atoms with van der Waals surface area (Å²) in [5.74, 6) is -0.621. The molecule has 0 rings (SSSR count). The number of esters is 2. The number of unbranched alkanes of at least 4 members (excludes halogenated alkanes) is 4. The molecule has 0 amide bonds. The molecule has 0 radical (unpaired) electrons. The van der Waals surface area contributed by atoms with Crippen LogP contribution < -0.4 is 0 Å². The Balaban J connectivity index is 4.27. The van der Waals surface area contributed by atoms with E-state index in [1.165, 1.54) is 12.2 Å². The molecule has 0 bridgehead atoms. The standard InChI is InChI=1S/C18H28Br2O4/c1-3-15(23-17(21)11-7-5-9-13-19)16(4-2)24-18(22)12-8-6-10-14-20/h3-4,15-16H,1-2,5-14H2. The van der Waals surface area contributed by atoms with Gasteiger partial charge in [0.1, 0.15) is 0 Å². The van der Waals surface area contributed by atoms with Gasteiger partial charge in [0.15, 0.2) is 12.2 Å². The van der Waals surface area contributed by atoms with E-state index in [9.17, 15) is 9.59 Å². The number of carbonyl (C=O) groups is 2. The van der Waals surface area contributed by atoms with Gasteiger partial charge >= 0.3 is 11.9 Å². The molecule has 0 aliphatic carbocycles. The highest BCUT2D eigenvalue weighted by Crippen LogP contribution is 2.13. The first-order valence-corrected chi connectivity index (χ1v) is 10.6. The van der Waals surface area contributed by atoms with Gasteiger partial charge in [0.2, 0.25) is 0 Å². The van der Waals surface area contributed by atoms with Crippen LogP contribution in [0.5, 0.6) is 0 Å². The molecule has 2 unspecified atom stereocenters. The Morgan fingerprint density at radius 2 is 1.12 bits per heavy atom. The van der Waals surface area contributed by atoms with E-state index in [2.05, 4.69) is 45.0 Å². The van der Waals surface area contributed by atoms with Crippen molar-refractivity contribution in [1.82, 2.24) is 0 Å². The smallest absolute Gasteiger partial charge is 0.306 e. The lowest BCUT2D eigenvalue weighted by molar-refractivity contribution is -0.161. The Morgan fingerprint density at radius 1 is 0.750 bits per heavy atom. The maximum Gasteiger partial charge on any atom is 0.306 e. The molecule has 0 N–H and O–H groups in total. The van der Waals surface area contributed by atoms with Gasteiger partial charge in [-0.1, -0.05) is 57.9 Å². The van der Waals surface area contributed by atoms with Crippen LogP contribution in [0.15, 0.2) is 25.3 Å². The second-order valence-corrected chi connectivity index (χ2v) is 6.97. The van der Waals surface area contributed by atoms with E-state index in [0.717, 1.165) is 49.2 Å². The van der Waals surface area contributed by atoms with Crippen molar-refractivity contribution in [2.75, 3.05) is 10.7 Å². The van der Waals surface area contributed by atoms with Crippen molar-refractivity contribution in [3.63, 3.8) is 0 Å². The molecule has 6 heteroatoms. The molecule has 4 nitrogen and oxygen atoms in total. The second-order valence-electron chi connectivity index (χ2n) is 5.38. The van der Waals surface area contributed by atoms with Crippen molar-refractivity contribution in [3.05, 3.63) is 25.3 Å². The summed E-state index contributed by atoms with van der Waals surface area (Å²) in [4.78, 5) is 23.7. The molecule has 0 spiro atoms. The Bertz CT molecular complexity index is 349. The normalized spacial score (nSPS) is 12.9. The maximum atomic E-state index is 11.9. The first-order valence-electron chi connectivity index (χ1n) is 8.35. The summed E-state index contributed by atoms with van der Waals surface area (Å²) < 4.78 is 10.7. The Hall–Kier alpha value is -0.620. The number of hydrogen-bond acceptors (Lipinski definition) is 4. The maximum absolute atomic E-state index is 11.9. The van der Waals surface area contributed by atoms with E-state index >= 15 is 0 Å². The van der Waals surface area contributed by atoms with Gasteiger partial charge in [-0.15, -0.1) is 0 Å². The van der Waals surface area contributed by atoms with Crippen LogP contribution >= 0.6 is 31.9 Å². The number of carbonyl (C=O) groups excluding carboxylic acids is 2. The summed E-state index contributed by atoms with van der Waals surface area (Å²) in [5, 5.41) is 1.86. The number of hydrogen-bond donors (Lipinski definition) is 0. The molecule has 0 aliphatic heterocycles. The van der Waals surface area contributed by atoms with Crippen LogP contribution in [0.3, 0.4) is 0 Å².